The predicted molar refractivity (Wildman–Crippen MR) is 129 cm³/mol. The highest BCUT2D eigenvalue weighted by molar-refractivity contribution is 7.99. The lowest BCUT2D eigenvalue weighted by atomic mass is 9.54. The summed E-state index contributed by atoms with van der Waals surface area (Å²) >= 11 is 2.07. The predicted octanol–water partition coefficient (Wildman–Crippen LogP) is 7.84. The Morgan fingerprint density at radius 3 is 2.64 bits per heavy atom. The van der Waals surface area contributed by atoms with E-state index in [9.17, 15) is 0 Å². The molecular weight excluding hydrogens is 358 g/mol. The van der Waals surface area contributed by atoms with Crippen molar-refractivity contribution < 1.29 is 0 Å². The fraction of sp³-hybridized carbons (Fsp3) is 0.923. The van der Waals surface area contributed by atoms with Crippen LogP contribution in [0.5, 0.6) is 0 Å². The first kappa shape index (κ1) is 24.3. The molecule has 2 heteroatoms. The molecule has 0 bridgehead atoms. The molecule has 28 heavy (non-hydrogen) atoms. The third kappa shape index (κ3) is 5.81. The van der Waals surface area contributed by atoms with E-state index < -0.39 is 0 Å². The van der Waals surface area contributed by atoms with Crippen molar-refractivity contribution in [2.24, 2.45) is 34.8 Å². The summed E-state index contributed by atoms with van der Waals surface area (Å²) in [5.41, 5.74) is 9.31. The highest BCUT2D eigenvalue weighted by Crippen LogP contribution is 2.61. The average molecular weight is 408 g/mol. The van der Waals surface area contributed by atoms with Crippen LogP contribution in [0.3, 0.4) is 0 Å². The van der Waals surface area contributed by atoms with E-state index in [2.05, 4.69) is 59.4 Å². The summed E-state index contributed by atoms with van der Waals surface area (Å²) in [7, 11) is 0. The highest BCUT2D eigenvalue weighted by atomic mass is 32.2. The molecule has 2 aliphatic carbocycles. The van der Waals surface area contributed by atoms with Gasteiger partial charge in [0.25, 0.3) is 0 Å². The summed E-state index contributed by atoms with van der Waals surface area (Å²) in [5, 5.41) is 0. The van der Waals surface area contributed by atoms with E-state index in [-0.39, 0.29) is 5.54 Å². The number of nitrogens with two attached hydrogens (primary N) is 1. The zero-order valence-corrected chi connectivity index (χ0v) is 20.7. The van der Waals surface area contributed by atoms with Gasteiger partial charge < -0.3 is 5.73 Å². The summed E-state index contributed by atoms with van der Waals surface area (Å²) in [6.07, 6.45) is 16.0. The van der Waals surface area contributed by atoms with Crippen LogP contribution < -0.4 is 5.73 Å². The third-order valence-electron chi connectivity index (χ3n) is 8.28. The van der Waals surface area contributed by atoms with Gasteiger partial charge >= 0.3 is 0 Å². The lowest BCUT2D eigenvalue weighted by molar-refractivity contribution is -0.00416. The number of hydrogen-bond acceptors (Lipinski definition) is 2. The van der Waals surface area contributed by atoms with Crippen molar-refractivity contribution in [1.82, 2.24) is 0 Å². The van der Waals surface area contributed by atoms with Crippen LogP contribution in [0.25, 0.3) is 0 Å². The molecule has 0 aromatic carbocycles. The van der Waals surface area contributed by atoms with Crippen LogP contribution in [-0.4, -0.2) is 17.0 Å². The first-order valence-electron chi connectivity index (χ1n) is 12.3. The van der Waals surface area contributed by atoms with E-state index in [0.717, 1.165) is 18.3 Å². The Bertz CT molecular complexity index is 499. The second-order valence-corrected chi connectivity index (χ2v) is 12.0. The molecule has 2 saturated carbocycles. The number of rotatable bonds is 11. The molecule has 0 aromatic rings. The lowest BCUT2D eigenvalue weighted by Crippen LogP contribution is -2.59. The molecule has 0 aromatic heterocycles. The molecule has 2 rings (SSSR count). The molecule has 0 spiro atoms. The van der Waals surface area contributed by atoms with Crippen LogP contribution in [-0.2, 0) is 0 Å². The normalized spacial score (nSPS) is 36.1. The minimum Gasteiger partial charge on any atom is -0.324 e. The minimum atomic E-state index is 0.0103. The van der Waals surface area contributed by atoms with Crippen molar-refractivity contribution >= 4 is 11.8 Å². The standard InChI is InChI=1S/C26H49NS/c1-7-18-28-19-21(4)14-17-26(27)22(5)15-16-25(6)23(12-13-24(25)26)11-9-8-10-20(2)3/h14,20,22-24H,7-13,15-19,27H2,1-6H3/b21-14+/t22?,23-,24?,25+,26-/m0/s1. The molecule has 2 fully saturated rings. The second-order valence-electron chi connectivity index (χ2n) is 10.9. The zero-order chi connectivity index (χ0) is 20.8. The van der Waals surface area contributed by atoms with Gasteiger partial charge in [0.05, 0.1) is 0 Å². The van der Waals surface area contributed by atoms with Crippen LogP contribution in [0.1, 0.15) is 106 Å². The van der Waals surface area contributed by atoms with E-state index in [1.807, 2.05) is 0 Å². The average Bonchev–Trinajstić information content (AvgIpc) is 2.98. The van der Waals surface area contributed by atoms with Gasteiger partial charge in [-0.05, 0) is 86.7 Å². The number of unbranched alkanes of at least 4 members (excludes halogenated alkanes) is 1. The molecule has 0 radical (unpaired) electrons. The van der Waals surface area contributed by atoms with Gasteiger partial charge in [0.1, 0.15) is 0 Å². The van der Waals surface area contributed by atoms with Gasteiger partial charge in [-0.2, -0.15) is 11.8 Å². The number of hydrogen-bond donors (Lipinski definition) is 1. The van der Waals surface area contributed by atoms with E-state index in [4.69, 9.17) is 5.73 Å². The largest absolute Gasteiger partial charge is 0.324 e. The number of thioether (sulfide) groups is 1. The SMILES string of the molecule is CCCSC/C(C)=C/C[C@]1(N)C(C)CC[C@@]2(C)C1CC[C@@H]2CCCCC(C)C. The fourth-order valence-corrected chi connectivity index (χ4v) is 7.13. The summed E-state index contributed by atoms with van der Waals surface area (Å²) in [6, 6.07) is 0. The monoisotopic (exact) mass is 407 g/mol. The molecule has 0 amide bonds. The molecule has 2 aliphatic rings. The molecule has 5 atom stereocenters. The topological polar surface area (TPSA) is 26.0 Å². The van der Waals surface area contributed by atoms with Crippen molar-refractivity contribution in [3.05, 3.63) is 11.6 Å². The minimum absolute atomic E-state index is 0.0103. The van der Waals surface area contributed by atoms with Crippen molar-refractivity contribution in [2.75, 3.05) is 11.5 Å². The summed E-state index contributed by atoms with van der Waals surface area (Å²) in [4.78, 5) is 0. The smallest absolute Gasteiger partial charge is 0.0249 e. The summed E-state index contributed by atoms with van der Waals surface area (Å²) in [5.74, 6) is 5.58. The Balaban J connectivity index is 2.01. The van der Waals surface area contributed by atoms with Crippen molar-refractivity contribution in [3.63, 3.8) is 0 Å². The van der Waals surface area contributed by atoms with Crippen LogP contribution >= 0.6 is 11.8 Å². The highest BCUT2D eigenvalue weighted by Gasteiger charge is 2.57. The summed E-state index contributed by atoms with van der Waals surface area (Å²) in [6.45, 7) is 14.3. The van der Waals surface area contributed by atoms with Crippen LogP contribution in [0.2, 0.25) is 0 Å². The maximum atomic E-state index is 7.28. The zero-order valence-electron chi connectivity index (χ0n) is 19.9. The van der Waals surface area contributed by atoms with E-state index >= 15 is 0 Å². The second kappa shape index (κ2) is 10.9. The molecule has 164 valence electrons. The van der Waals surface area contributed by atoms with Gasteiger partial charge in [0, 0.05) is 11.3 Å². The van der Waals surface area contributed by atoms with E-state index in [1.165, 1.54) is 74.9 Å². The quantitative estimate of drug-likeness (QED) is 0.279. The third-order valence-corrected chi connectivity index (χ3v) is 9.64. The Morgan fingerprint density at radius 2 is 1.96 bits per heavy atom. The first-order valence-corrected chi connectivity index (χ1v) is 13.4. The summed E-state index contributed by atoms with van der Waals surface area (Å²) < 4.78 is 0. The first-order chi connectivity index (χ1) is 13.2. The van der Waals surface area contributed by atoms with Gasteiger partial charge in [0.15, 0.2) is 0 Å². The van der Waals surface area contributed by atoms with Crippen molar-refractivity contribution in [1.29, 1.82) is 0 Å². The van der Waals surface area contributed by atoms with Crippen LogP contribution in [0, 0.1) is 29.1 Å². The molecule has 0 saturated heterocycles. The van der Waals surface area contributed by atoms with Crippen LogP contribution in [0.15, 0.2) is 11.6 Å². The maximum Gasteiger partial charge on any atom is 0.0249 e. The molecule has 2 N–H and O–H groups in total. The van der Waals surface area contributed by atoms with Gasteiger partial charge in [0.2, 0.25) is 0 Å². The van der Waals surface area contributed by atoms with Gasteiger partial charge in [-0.15, -0.1) is 0 Å². The van der Waals surface area contributed by atoms with E-state index in [0.29, 0.717) is 17.3 Å². The van der Waals surface area contributed by atoms with Crippen LogP contribution in [0.4, 0.5) is 0 Å². The number of fused-ring (bicyclic) bond motifs is 1. The van der Waals surface area contributed by atoms with Gasteiger partial charge in [-0.3, -0.25) is 0 Å². The molecule has 0 aliphatic heterocycles. The Hall–Kier alpha value is 0.0500. The molecule has 1 nitrogen and oxygen atoms in total. The molecule has 0 heterocycles. The van der Waals surface area contributed by atoms with Gasteiger partial charge in [-0.1, -0.05) is 65.5 Å². The van der Waals surface area contributed by atoms with Crippen molar-refractivity contribution in [3.8, 4) is 0 Å². The maximum absolute atomic E-state index is 7.28. The molecular formula is C26H49NS. The Labute approximate surface area is 181 Å². The van der Waals surface area contributed by atoms with E-state index in [1.54, 1.807) is 0 Å². The lowest BCUT2D eigenvalue weighted by Gasteiger charge is -2.54. The fourth-order valence-electron chi connectivity index (χ4n) is 6.26. The Kier molecular flexibility index (Phi) is 9.46. The molecule has 2 unspecified atom stereocenters. The van der Waals surface area contributed by atoms with Crippen molar-refractivity contribution in [2.45, 2.75) is 111 Å². The Morgan fingerprint density at radius 1 is 1.21 bits per heavy atom. The van der Waals surface area contributed by atoms with Gasteiger partial charge in [-0.25, -0.2) is 0 Å².